The summed E-state index contributed by atoms with van der Waals surface area (Å²) in [6.45, 7) is 3.66. The molecule has 118 valence electrons. The first kappa shape index (κ1) is 15.0. The molecule has 0 amide bonds. The van der Waals surface area contributed by atoms with Gasteiger partial charge in [0.05, 0.1) is 12.7 Å². The van der Waals surface area contributed by atoms with E-state index >= 15 is 0 Å². The summed E-state index contributed by atoms with van der Waals surface area (Å²) in [7, 11) is -3.41. The highest BCUT2D eigenvalue weighted by atomic mass is 32.2. The summed E-state index contributed by atoms with van der Waals surface area (Å²) in [5.74, 6) is 0.516. The van der Waals surface area contributed by atoms with E-state index in [1.165, 1.54) is 19.0 Å². The predicted octanol–water partition coefficient (Wildman–Crippen LogP) is 1.10. The molecule has 0 bridgehead atoms. The Morgan fingerprint density at radius 1 is 1.43 bits per heavy atom. The Hall–Kier alpha value is -0.920. The minimum Gasteiger partial charge on any atom is -0.312 e. The van der Waals surface area contributed by atoms with Gasteiger partial charge in [-0.25, -0.2) is 13.1 Å². The molecular formula is C14H24N4O2S. The van der Waals surface area contributed by atoms with Crippen molar-refractivity contribution in [3.05, 3.63) is 12.4 Å². The number of aromatic nitrogens is 2. The zero-order valence-electron chi connectivity index (χ0n) is 12.5. The summed E-state index contributed by atoms with van der Waals surface area (Å²) in [5, 5.41) is 7.53. The second-order valence-corrected chi connectivity index (χ2v) is 7.89. The third-order valence-electron chi connectivity index (χ3n) is 4.16. The van der Waals surface area contributed by atoms with Crippen molar-refractivity contribution in [1.82, 2.24) is 19.8 Å². The maximum absolute atomic E-state index is 12.3. The van der Waals surface area contributed by atoms with Crippen molar-refractivity contribution in [2.24, 2.45) is 5.92 Å². The van der Waals surface area contributed by atoms with E-state index in [-0.39, 0.29) is 10.9 Å². The lowest BCUT2D eigenvalue weighted by Gasteiger charge is -2.04. The zero-order valence-corrected chi connectivity index (χ0v) is 13.3. The Labute approximate surface area is 126 Å². The highest BCUT2D eigenvalue weighted by Gasteiger charge is 2.39. The predicted molar refractivity (Wildman–Crippen MR) is 80.4 cm³/mol. The normalized spacial score (nSPS) is 25.2. The second-order valence-electron chi connectivity index (χ2n) is 6.18. The van der Waals surface area contributed by atoms with Crippen LogP contribution in [0.3, 0.4) is 0 Å². The van der Waals surface area contributed by atoms with Gasteiger partial charge >= 0.3 is 0 Å². The monoisotopic (exact) mass is 312 g/mol. The lowest BCUT2D eigenvalue weighted by molar-refractivity contribution is 0.551. The number of sulfonamides is 1. The van der Waals surface area contributed by atoms with Gasteiger partial charge in [-0.2, -0.15) is 5.10 Å². The lowest BCUT2D eigenvalue weighted by atomic mass is 10.2. The fourth-order valence-corrected chi connectivity index (χ4v) is 3.90. The molecule has 2 atom stereocenters. The molecule has 3 rings (SSSR count). The van der Waals surface area contributed by atoms with Gasteiger partial charge in [0.1, 0.15) is 4.90 Å². The second kappa shape index (κ2) is 6.06. The fourth-order valence-electron chi connectivity index (χ4n) is 2.63. The van der Waals surface area contributed by atoms with Gasteiger partial charge in [0.2, 0.25) is 10.0 Å². The van der Waals surface area contributed by atoms with Crippen molar-refractivity contribution < 1.29 is 8.42 Å². The molecule has 6 nitrogen and oxygen atoms in total. The maximum Gasteiger partial charge on any atom is 0.243 e. The average molecular weight is 312 g/mol. The molecule has 0 aliphatic heterocycles. The molecule has 2 N–H and O–H groups in total. The molecule has 1 aromatic heterocycles. The van der Waals surface area contributed by atoms with Gasteiger partial charge in [-0.15, -0.1) is 0 Å². The SMILES string of the molecule is CCCC1CC1NS(=O)(=O)c1cnn(CCNC2CC2)c1. The van der Waals surface area contributed by atoms with E-state index in [0.717, 1.165) is 25.8 Å². The van der Waals surface area contributed by atoms with Crippen LogP contribution in [0.5, 0.6) is 0 Å². The van der Waals surface area contributed by atoms with Gasteiger partial charge in [-0.3, -0.25) is 4.68 Å². The molecule has 0 radical (unpaired) electrons. The highest BCUT2D eigenvalue weighted by Crippen LogP contribution is 2.35. The molecule has 21 heavy (non-hydrogen) atoms. The number of rotatable bonds is 9. The van der Waals surface area contributed by atoms with E-state index in [9.17, 15) is 8.42 Å². The first-order valence-electron chi connectivity index (χ1n) is 7.86. The highest BCUT2D eigenvalue weighted by molar-refractivity contribution is 7.89. The van der Waals surface area contributed by atoms with Crippen LogP contribution >= 0.6 is 0 Å². The maximum atomic E-state index is 12.3. The Kier molecular flexibility index (Phi) is 4.33. The van der Waals surface area contributed by atoms with Crippen molar-refractivity contribution in [1.29, 1.82) is 0 Å². The van der Waals surface area contributed by atoms with Crippen LogP contribution in [0.4, 0.5) is 0 Å². The van der Waals surface area contributed by atoms with Gasteiger partial charge in [-0.05, 0) is 31.6 Å². The van der Waals surface area contributed by atoms with E-state index in [4.69, 9.17) is 0 Å². The molecule has 0 aromatic carbocycles. The first-order valence-corrected chi connectivity index (χ1v) is 9.35. The molecule has 2 aliphatic rings. The summed E-state index contributed by atoms with van der Waals surface area (Å²) in [6.07, 6.45) is 8.73. The first-order chi connectivity index (χ1) is 10.1. The standard InChI is InChI=1S/C14H24N4O2S/c1-2-3-11-8-14(11)17-21(19,20)13-9-16-18(10-13)7-6-15-12-4-5-12/h9-12,14-15,17H,2-8H2,1H3. The minimum atomic E-state index is -3.41. The van der Waals surface area contributed by atoms with Crippen LogP contribution < -0.4 is 10.0 Å². The van der Waals surface area contributed by atoms with Crippen LogP contribution in [-0.2, 0) is 16.6 Å². The quantitative estimate of drug-likeness (QED) is 0.716. The molecule has 7 heteroatoms. The van der Waals surface area contributed by atoms with Gasteiger partial charge in [-0.1, -0.05) is 13.3 Å². The van der Waals surface area contributed by atoms with E-state index in [1.54, 1.807) is 10.9 Å². The van der Waals surface area contributed by atoms with Crippen LogP contribution in [-0.4, -0.2) is 36.8 Å². The molecule has 1 aromatic rings. The van der Waals surface area contributed by atoms with Crippen molar-refractivity contribution >= 4 is 10.0 Å². The summed E-state index contributed by atoms with van der Waals surface area (Å²) < 4.78 is 29.0. The number of nitrogens with one attached hydrogen (secondary N) is 2. The van der Waals surface area contributed by atoms with E-state index in [1.807, 2.05) is 0 Å². The van der Waals surface area contributed by atoms with Gasteiger partial charge in [0, 0.05) is 24.8 Å². The third-order valence-corrected chi connectivity index (χ3v) is 5.60. The van der Waals surface area contributed by atoms with E-state index < -0.39 is 10.0 Å². The molecule has 2 fully saturated rings. The van der Waals surface area contributed by atoms with Crippen molar-refractivity contribution in [3.63, 3.8) is 0 Å². The molecule has 2 unspecified atom stereocenters. The van der Waals surface area contributed by atoms with E-state index in [0.29, 0.717) is 18.5 Å². The van der Waals surface area contributed by atoms with Crippen LogP contribution in [0.25, 0.3) is 0 Å². The topological polar surface area (TPSA) is 76.0 Å². The Morgan fingerprint density at radius 3 is 2.95 bits per heavy atom. The molecule has 2 aliphatic carbocycles. The minimum absolute atomic E-state index is 0.120. The van der Waals surface area contributed by atoms with Crippen LogP contribution in [0.1, 0.15) is 39.0 Å². The molecular weight excluding hydrogens is 288 g/mol. The molecule has 2 saturated carbocycles. The van der Waals surface area contributed by atoms with Gasteiger partial charge in [0.15, 0.2) is 0 Å². The van der Waals surface area contributed by atoms with Crippen LogP contribution in [0, 0.1) is 5.92 Å². The third kappa shape index (κ3) is 4.05. The van der Waals surface area contributed by atoms with E-state index in [2.05, 4.69) is 22.1 Å². The van der Waals surface area contributed by atoms with Crippen molar-refractivity contribution in [2.45, 2.75) is 62.6 Å². The van der Waals surface area contributed by atoms with Gasteiger partial charge in [0.25, 0.3) is 0 Å². The van der Waals surface area contributed by atoms with Crippen LogP contribution in [0.2, 0.25) is 0 Å². The molecule has 0 saturated heterocycles. The number of hydrogen-bond acceptors (Lipinski definition) is 4. The Bertz CT molecular complexity index is 580. The largest absolute Gasteiger partial charge is 0.312 e. The summed E-state index contributed by atoms with van der Waals surface area (Å²) >= 11 is 0. The van der Waals surface area contributed by atoms with Crippen molar-refractivity contribution in [3.8, 4) is 0 Å². The van der Waals surface area contributed by atoms with Crippen LogP contribution in [0.15, 0.2) is 17.3 Å². The fraction of sp³-hybridized carbons (Fsp3) is 0.786. The zero-order chi connectivity index (χ0) is 14.9. The summed E-state index contributed by atoms with van der Waals surface area (Å²) in [5.41, 5.74) is 0. The summed E-state index contributed by atoms with van der Waals surface area (Å²) in [4.78, 5) is 0.274. The Morgan fingerprint density at radius 2 is 2.24 bits per heavy atom. The molecule has 1 heterocycles. The lowest BCUT2D eigenvalue weighted by Crippen LogP contribution is -2.27. The number of nitrogens with zero attached hydrogens (tertiary/aromatic N) is 2. The average Bonchev–Trinajstić information content (AvgIpc) is 3.32. The van der Waals surface area contributed by atoms with Gasteiger partial charge < -0.3 is 5.32 Å². The number of hydrogen-bond donors (Lipinski definition) is 2. The summed E-state index contributed by atoms with van der Waals surface area (Å²) in [6, 6.07) is 0.783. The molecule has 0 spiro atoms. The smallest absolute Gasteiger partial charge is 0.243 e. The van der Waals surface area contributed by atoms with Crippen molar-refractivity contribution in [2.75, 3.05) is 6.54 Å². The Balaban J connectivity index is 1.51.